The number of hydrogen-bond acceptors (Lipinski definition) is 4. The zero-order valence-corrected chi connectivity index (χ0v) is 17.7. The molecule has 158 valence electrons. The summed E-state index contributed by atoms with van der Waals surface area (Å²) < 4.78 is 13.7. The highest BCUT2D eigenvalue weighted by molar-refractivity contribution is 5.81. The van der Waals surface area contributed by atoms with Crippen molar-refractivity contribution in [1.29, 1.82) is 0 Å². The van der Waals surface area contributed by atoms with Crippen LogP contribution in [0.3, 0.4) is 0 Å². The van der Waals surface area contributed by atoms with Crippen molar-refractivity contribution in [2.45, 2.75) is 52.3 Å². The summed E-state index contributed by atoms with van der Waals surface area (Å²) in [6.07, 6.45) is 2.25. The lowest BCUT2D eigenvalue weighted by Crippen LogP contribution is -2.34. The van der Waals surface area contributed by atoms with Gasteiger partial charge in [0, 0.05) is 13.2 Å². The van der Waals surface area contributed by atoms with Gasteiger partial charge in [-0.05, 0) is 62.4 Å². The van der Waals surface area contributed by atoms with Gasteiger partial charge in [0.15, 0.2) is 0 Å². The van der Waals surface area contributed by atoms with Crippen LogP contribution in [-0.2, 0) is 22.6 Å². The molecule has 1 saturated heterocycles. The van der Waals surface area contributed by atoms with Gasteiger partial charge >= 0.3 is 0 Å². The van der Waals surface area contributed by atoms with E-state index in [1.165, 1.54) is 11.1 Å². The molecule has 1 aliphatic heterocycles. The Morgan fingerprint density at radius 2 is 2.10 bits per heavy atom. The summed E-state index contributed by atoms with van der Waals surface area (Å²) in [5.74, 6) is 1.74. The molecule has 0 aliphatic carbocycles. The number of rotatable bonds is 8. The number of benzene rings is 2. The SMILES string of the molecule is Cc1cccc(OCCCn2c(CNC(=O)C3CCCO3)nc3ccccc32)c1C. The number of aromatic nitrogens is 2. The van der Waals surface area contributed by atoms with Crippen LogP contribution in [0, 0.1) is 13.8 Å². The van der Waals surface area contributed by atoms with Crippen LogP contribution in [0.25, 0.3) is 11.0 Å². The highest BCUT2D eigenvalue weighted by atomic mass is 16.5. The van der Waals surface area contributed by atoms with E-state index in [4.69, 9.17) is 14.5 Å². The number of imidazole rings is 1. The molecule has 6 nitrogen and oxygen atoms in total. The van der Waals surface area contributed by atoms with Crippen LogP contribution in [0.15, 0.2) is 42.5 Å². The van der Waals surface area contributed by atoms with Crippen molar-refractivity contribution >= 4 is 16.9 Å². The third-order valence-corrected chi connectivity index (χ3v) is 5.72. The molecule has 0 radical (unpaired) electrons. The average molecular weight is 408 g/mol. The highest BCUT2D eigenvalue weighted by Gasteiger charge is 2.23. The number of para-hydroxylation sites is 2. The second kappa shape index (κ2) is 9.30. The number of nitrogens with zero attached hydrogens (tertiary/aromatic N) is 2. The molecule has 4 rings (SSSR count). The first-order valence-corrected chi connectivity index (χ1v) is 10.7. The van der Waals surface area contributed by atoms with Crippen LogP contribution in [0.2, 0.25) is 0 Å². The van der Waals surface area contributed by atoms with Gasteiger partial charge in [0.1, 0.15) is 17.7 Å². The van der Waals surface area contributed by atoms with Gasteiger partial charge in [-0.25, -0.2) is 4.98 Å². The van der Waals surface area contributed by atoms with Crippen LogP contribution in [0.4, 0.5) is 0 Å². The molecule has 0 saturated carbocycles. The number of aryl methyl sites for hydroxylation is 2. The van der Waals surface area contributed by atoms with Crippen LogP contribution in [-0.4, -0.2) is 34.8 Å². The van der Waals surface area contributed by atoms with Crippen LogP contribution >= 0.6 is 0 Å². The number of amides is 1. The maximum atomic E-state index is 12.3. The maximum absolute atomic E-state index is 12.3. The molecule has 2 heterocycles. The van der Waals surface area contributed by atoms with Crippen molar-refractivity contribution < 1.29 is 14.3 Å². The number of carbonyl (C=O) groups excluding carboxylic acids is 1. The molecule has 6 heteroatoms. The van der Waals surface area contributed by atoms with Crippen LogP contribution in [0.1, 0.15) is 36.2 Å². The third kappa shape index (κ3) is 4.49. The third-order valence-electron chi connectivity index (χ3n) is 5.72. The molecule has 1 fully saturated rings. The van der Waals surface area contributed by atoms with Crippen molar-refractivity contribution in [3.05, 3.63) is 59.4 Å². The standard InChI is InChI=1S/C24H29N3O3/c1-17-8-5-11-21(18(17)2)29-15-7-13-27-20-10-4-3-9-19(20)26-23(27)16-25-24(28)22-12-6-14-30-22/h3-5,8-11,22H,6-7,12-16H2,1-2H3,(H,25,28). The molecule has 1 aliphatic rings. The molecule has 0 spiro atoms. The fourth-order valence-electron chi connectivity index (χ4n) is 3.86. The summed E-state index contributed by atoms with van der Waals surface area (Å²) in [5, 5.41) is 2.99. The first-order valence-electron chi connectivity index (χ1n) is 10.7. The monoisotopic (exact) mass is 407 g/mol. The maximum Gasteiger partial charge on any atom is 0.249 e. The molecule has 2 aromatic carbocycles. The number of fused-ring (bicyclic) bond motifs is 1. The van der Waals surface area contributed by atoms with Gasteiger partial charge < -0.3 is 19.4 Å². The Bertz CT molecular complexity index is 1020. The minimum atomic E-state index is -0.325. The lowest BCUT2D eigenvalue weighted by atomic mass is 10.1. The van der Waals surface area contributed by atoms with E-state index in [0.29, 0.717) is 19.8 Å². The van der Waals surface area contributed by atoms with Crippen LogP contribution < -0.4 is 10.1 Å². The first kappa shape index (κ1) is 20.4. The Labute approximate surface area is 177 Å². The van der Waals surface area contributed by atoms with Crippen molar-refractivity contribution in [2.75, 3.05) is 13.2 Å². The van der Waals surface area contributed by atoms with E-state index in [1.54, 1.807) is 0 Å². The van der Waals surface area contributed by atoms with E-state index >= 15 is 0 Å². The predicted molar refractivity (Wildman–Crippen MR) is 117 cm³/mol. The van der Waals surface area contributed by atoms with Crippen molar-refractivity contribution in [3.8, 4) is 5.75 Å². The number of nitrogens with one attached hydrogen (secondary N) is 1. The average Bonchev–Trinajstić information content (AvgIpc) is 3.41. The number of ether oxygens (including phenoxy) is 2. The number of hydrogen-bond donors (Lipinski definition) is 1. The molecule has 0 bridgehead atoms. The molecule has 30 heavy (non-hydrogen) atoms. The molecule has 1 amide bonds. The van der Waals surface area contributed by atoms with E-state index in [2.05, 4.69) is 35.9 Å². The smallest absolute Gasteiger partial charge is 0.249 e. The zero-order chi connectivity index (χ0) is 20.9. The zero-order valence-electron chi connectivity index (χ0n) is 17.7. The highest BCUT2D eigenvalue weighted by Crippen LogP contribution is 2.21. The second-order valence-corrected chi connectivity index (χ2v) is 7.79. The summed E-state index contributed by atoms with van der Waals surface area (Å²) >= 11 is 0. The summed E-state index contributed by atoms with van der Waals surface area (Å²) in [6.45, 7) is 6.64. The summed E-state index contributed by atoms with van der Waals surface area (Å²) in [6, 6.07) is 14.2. The number of carbonyl (C=O) groups is 1. The molecule has 1 unspecified atom stereocenters. The Morgan fingerprint density at radius 3 is 2.93 bits per heavy atom. The largest absolute Gasteiger partial charge is 0.493 e. The van der Waals surface area contributed by atoms with Gasteiger partial charge in [-0.3, -0.25) is 4.79 Å². The second-order valence-electron chi connectivity index (χ2n) is 7.79. The molecular formula is C24H29N3O3. The summed E-state index contributed by atoms with van der Waals surface area (Å²) in [7, 11) is 0. The van der Waals surface area contributed by atoms with E-state index < -0.39 is 0 Å². The molecule has 3 aromatic rings. The van der Waals surface area contributed by atoms with E-state index in [-0.39, 0.29) is 12.0 Å². The van der Waals surface area contributed by atoms with Crippen LogP contribution in [0.5, 0.6) is 5.75 Å². The fraction of sp³-hybridized carbons (Fsp3) is 0.417. The molecule has 1 atom stereocenters. The topological polar surface area (TPSA) is 65.4 Å². The van der Waals surface area contributed by atoms with Crippen molar-refractivity contribution in [1.82, 2.24) is 14.9 Å². The van der Waals surface area contributed by atoms with Gasteiger partial charge in [0.05, 0.1) is 24.2 Å². The van der Waals surface area contributed by atoms with Gasteiger partial charge in [-0.2, -0.15) is 0 Å². The summed E-state index contributed by atoms with van der Waals surface area (Å²) in [5.41, 5.74) is 4.43. The van der Waals surface area contributed by atoms with Gasteiger partial charge in [-0.15, -0.1) is 0 Å². The predicted octanol–water partition coefficient (Wildman–Crippen LogP) is 3.92. The normalized spacial score (nSPS) is 16.1. The Kier molecular flexibility index (Phi) is 6.33. The minimum absolute atomic E-state index is 0.0515. The summed E-state index contributed by atoms with van der Waals surface area (Å²) in [4.78, 5) is 17.1. The van der Waals surface area contributed by atoms with Gasteiger partial charge in [0.2, 0.25) is 5.91 Å². The van der Waals surface area contributed by atoms with E-state index in [0.717, 1.165) is 48.4 Å². The minimum Gasteiger partial charge on any atom is -0.493 e. The molecular weight excluding hydrogens is 378 g/mol. The quantitative estimate of drug-likeness (QED) is 0.575. The van der Waals surface area contributed by atoms with Gasteiger partial charge in [0.25, 0.3) is 0 Å². The van der Waals surface area contributed by atoms with Crippen molar-refractivity contribution in [2.24, 2.45) is 0 Å². The molecule has 1 aromatic heterocycles. The fourth-order valence-corrected chi connectivity index (χ4v) is 3.86. The lowest BCUT2D eigenvalue weighted by molar-refractivity contribution is -0.130. The molecule has 1 N–H and O–H groups in total. The lowest BCUT2D eigenvalue weighted by Gasteiger charge is -2.14. The Balaban J connectivity index is 1.41. The van der Waals surface area contributed by atoms with E-state index in [1.807, 2.05) is 30.3 Å². The Hall–Kier alpha value is -2.86. The Morgan fingerprint density at radius 1 is 1.23 bits per heavy atom. The van der Waals surface area contributed by atoms with Crippen molar-refractivity contribution in [3.63, 3.8) is 0 Å². The van der Waals surface area contributed by atoms with E-state index in [9.17, 15) is 4.79 Å². The van der Waals surface area contributed by atoms with Gasteiger partial charge in [-0.1, -0.05) is 24.3 Å². The first-order chi connectivity index (χ1) is 14.6.